The molecule has 4 nitrogen and oxygen atoms in total. The lowest BCUT2D eigenvalue weighted by atomic mass is 10.3. The molecule has 1 aromatic carbocycles. The van der Waals surface area contributed by atoms with Crippen LogP contribution in [-0.2, 0) is 0 Å². The minimum Gasteiger partial charge on any atom is -0.497 e. The molecule has 0 aliphatic rings. The molecule has 2 aromatic heterocycles. The fourth-order valence-electron chi connectivity index (χ4n) is 1.75. The van der Waals surface area contributed by atoms with Gasteiger partial charge in [-0.3, -0.25) is 0 Å². The Morgan fingerprint density at radius 2 is 2.00 bits per heavy atom. The van der Waals surface area contributed by atoms with Crippen LogP contribution >= 0.6 is 23.4 Å². The molecule has 3 aromatic rings. The van der Waals surface area contributed by atoms with Crippen LogP contribution in [0, 0.1) is 0 Å². The Morgan fingerprint density at radius 1 is 1.21 bits per heavy atom. The number of benzene rings is 1. The summed E-state index contributed by atoms with van der Waals surface area (Å²) >= 11 is 7.72. The average molecular weight is 292 g/mol. The normalized spacial score (nSPS) is 10.8. The Kier molecular flexibility index (Phi) is 3.31. The summed E-state index contributed by atoms with van der Waals surface area (Å²) < 4.78 is 5.14. The summed E-state index contributed by atoms with van der Waals surface area (Å²) in [4.78, 5) is 13.4. The van der Waals surface area contributed by atoms with E-state index in [0.29, 0.717) is 5.15 Å². The molecule has 0 spiro atoms. The van der Waals surface area contributed by atoms with E-state index in [-0.39, 0.29) is 0 Å². The van der Waals surface area contributed by atoms with Crippen LogP contribution in [0.4, 0.5) is 0 Å². The van der Waals surface area contributed by atoms with Gasteiger partial charge in [0.1, 0.15) is 22.9 Å². The van der Waals surface area contributed by atoms with Crippen LogP contribution in [0.5, 0.6) is 5.75 Å². The Morgan fingerprint density at radius 3 is 2.74 bits per heavy atom. The van der Waals surface area contributed by atoms with E-state index in [2.05, 4.69) is 15.0 Å². The van der Waals surface area contributed by atoms with E-state index in [0.717, 1.165) is 26.6 Å². The van der Waals surface area contributed by atoms with Crippen LogP contribution in [0.15, 0.2) is 46.6 Å². The summed E-state index contributed by atoms with van der Waals surface area (Å²) in [5.74, 6) is 0.838. The Balaban J connectivity index is 1.96. The second-order valence-corrected chi connectivity index (χ2v) is 5.29. The van der Waals surface area contributed by atoms with Gasteiger partial charge in [0.2, 0.25) is 0 Å². The van der Waals surface area contributed by atoms with Gasteiger partial charge in [0.05, 0.1) is 12.5 Å². The van der Waals surface area contributed by atoms with Crippen molar-refractivity contribution >= 4 is 34.4 Å². The maximum atomic E-state index is 6.11. The van der Waals surface area contributed by atoms with Crippen LogP contribution in [0.1, 0.15) is 0 Å². The maximum Gasteiger partial charge on any atom is 0.143 e. The molecular weight excluding hydrogens is 282 g/mol. The number of nitrogens with zero attached hydrogens (tertiary/aromatic N) is 2. The zero-order valence-corrected chi connectivity index (χ0v) is 11.6. The van der Waals surface area contributed by atoms with Crippen molar-refractivity contribution in [3.63, 3.8) is 0 Å². The number of ether oxygens (including phenoxy) is 1. The van der Waals surface area contributed by atoms with Gasteiger partial charge in [-0.25, -0.2) is 9.97 Å². The molecular formula is C13H10ClN3OS. The predicted molar refractivity (Wildman–Crippen MR) is 76.0 cm³/mol. The summed E-state index contributed by atoms with van der Waals surface area (Å²) in [6, 6.07) is 7.85. The van der Waals surface area contributed by atoms with Gasteiger partial charge in [-0.05, 0) is 24.3 Å². The van der Waals surface area contributed by atoms with Crippen molar-refractivity contribution in [1.29, 1.82) is 0 Å². The number of hydrogen-bond acceptors (Lipinski definition) is 4. The molecule has 19 heavy (non-hydrogen) atoms. The molecule has 0 aliphatic carbocycles. The van der Waals surface area contributed by atoms with Crippen molar-refractivity contribution in [2.24, 2.45) is 0 Å². The van der Waals surface area contributed by atoms with E-state index in [4.69, 9.17) is 16.3 Å². The summed E-state index contributed by atoms with van der Waals surface area (Å²) in [5, 5.41) is 1.31. The largest absolute Gasteiger partial charge is 0.497 e. The molecule has 0 aliphatic heterocycles. The summed E-state index contributed by atoms with van der Waals surface area (Å²) in [6.45, 7) is 0. The first kappa shape index (κ1) is 12.3. The average Bonchev–Trinajstić information content (AvgIpc) is 2.84. The van der Waals surface area contributed by atoms with Crippen LogP contribution in [0.25, 0.3) is 11.0 Å². The van der Waals surface area contributed by atoms with Crippen molar-refractivity contribution in [2.75, 3.05) is 7.11 Å². The molecule has 0 fully saturated rings. The number of aromatic nitrogens is 3. The van der Waals surface area contributed by atoms with Gasteiger partial charge in [-0.2, -0.15) is 0 Å². The van der Waals surface area contributed by atoms with Crippen LogP contribution in [-0.4, -0.2) is 22.1 Å². The highest BCUT2D eigenvalue weighted by molar-refractivity contribution is 7.99. The number of fused-ring (bicyclic) bond motifs is 1. The highest BCUT2D eigenvalue weighted by atomic mass is 35.5. The second kappa shape index (κ2) is 5.11. The minimum atomic E-state index is 0.460. The molecule has 0 saturated heterocycles. The van der Waals surface area contributed by atoms with E-state index < -0.39 is 0 Å². The number of nitrogens with one attached hydrogen (secondary N) is 1. The predicted octanol–water partition coefficient (Wildman–Crippen LogP) is 3.77. The number of H-pyrrole nitrogens is 1. The van der Waals surface area contributed by atoms with E-state index in [1.165, 1.54) is 6.33 Å². The van der Waals surface area contributed by atoms with Gasteiger partial charge >= 0.3 is 0 Å². The van der Waals surface area contributed by atoms with Crippen molar-refractivity contribution in [3.05, 3.63) is 41.9 Å². The van der Waals surface area contributed by atoms with Crippen LogP contribution in [0.2, 0.25) is 5.15 Å². The first-order valence-electron chi connectivity index (χ1n) is 5.57. The lowest BCUT2D eigenvalue weighted by molar-refractivity contribution is 0.414. The number of aromatic amines is 1. The third-order valence-electron chi connectivity index (χ3n) is 2.67. The Bertz CT molecular complexity index is 711. The van der Waals surface area contributed by atoms with Gasteiger partial charge in [-0.1, -0.05) is 23.4 Å². The molecule has 0 bridgehead atoms. The SMILES string of the molecule is COc1ccc(Sc2c[nH]c3ncnc(Cl)c23)cc1. The number of hydrogen-bond donors (Lipinski definition) is 1. The molecule has 0 unspecified atom stereocenters. The Hall–Kier alpha value is -1.72. The first-order valence-corrected chi connectivity index (χ1v) is 6.77. The standard InChI is InChI=1S/C13H10ClN3OS/c1-18-8-2-4-9(5-3-8)19-10-6-15-13-11(10)12(14)16-7-17-13/h2-7H,1H3,(H,15,16,17). The molecule has 96 valence electrons. The van der Waals surface area contributed by atoms with Gasteiger partial charge in [0, 0.05) is 16.0 Å². The van der Waals surface area contributed by atoms with Gasteiger partial charge in [-0.15, -0.1) is 0 Å². The monoisotopic (exact) mass is 291 g/mol. The summed E-state index contributed by atoms with van der Waals surface area (Å²) in [6.07, 6.45) is 3.34. The fourth-order valence-corrected chi connectivity index (χ4v) is 2.98. The van der Waals surface area contributed by atoms with Crippen LogP contribution in [0.3, 0.4) is 0 Å². The first-order chi connectivity index (χ1) is 9.28. The van der Waals surface area contributed by atoms with Crippen molar-refractivity contribution < 1.29 is 4.74 Å². The summed E-state index contributed by atoms with van der Waals surface area (Å²) in [5.41, 5.74) is 0.746. The van der Waals surface area contributed by atoms with Gasteiger partial charge in [0.25, 0.3) is 0 Å². The highest BCUT2D eigenvalue weighted by Crippen LogP contribution is 2.36. The molecule has 6 heteroatoms. The topological polar surface area (TPSA) is 50.8 Å². The molecule has 0 radical (unpaired) electrons. The molecule has 3 rings (SSSR count). The van der Waals surface area contributed by atoms with E-state index in [1.807, 2.05) is 30.5 Å². The van der Waals surface area contributed by atoms with Crippen molar-refractivity contribution in [2.45, 2.75) is 9.79 Å². The molecule has 2 heterocycles. The number of halogens is 1. The van der Waals surface area contributed by atoms with E-state index in [9.17, 15) is 0 Å². The highest BCUT2D eigenvalue weighted by Gasteiger charge is 2.10. The van der Waals surface area contributed by atoms with Crippen LogP contribution < -0.4 is 4.74 Å². The van der Waals surface area contributed by atoms with E-state index in [1.54, 1.807) is 18.9 Å². The lowest BCUT2D eigenvalue weighted by Crippen LogP contribution is -1.82. The number of methoxy groups -OCH3 is 1. The fraction of sp³-hybridized carbons (Fsp3) is 0.0769. The third kappa shape index (κ3) is 2.39. The minimum absolute atomic E-state index is 0.460. The third-order valence-corrected chi connectivity index (χ3v) is 4.01. The zero-order valence-electron chi connectivity index (χ0n) is 10.1. The van der Waals surface area contributed by atoms with E-state index >= 15 is 0 Å². The number of rotatable bonds is 3. The summed E-state index contributed by atoms with van der Waals surface area (Å²) in [7, 11) is 1.65. The lowest BCUT2D eigenvalue weighted by Gasteiger charge is -2.02. The van der Waals surface area contributed by atoms with Crippen molar-refractivity contribution in [1.82, 2.24) is 15.0 Å². The second-order valence-electron chi connectivity index (χ2n) is 3.82. The van der Waals surface area contributed by atoms with Gasteiger partial charge in [0.15, 0.2) is 0 Å². The zero-order chi connectivity index (χ0) is 13.2. The maximum absolute atomic E-state index is 6.11. The molecule has 0 saturated carbocycles. The van der Waals surface area contributed by atoms with Gasteiger partial charge < -0.3 is 9.72 Å². The molecule has 0 amide bonds. The van der Waals surface area contributed by atoms with Crippen molar-refractivity contribution in [3.8, 4) is 5.75 Å². The quantitative estimate of drug-likeness (QED) is 0.746. The molecule has 0 atom stereocenters. The molecule has 1 N–H and O–H groups in total. The Labute approximate surface area is 119 Å². The smallest absolute Gasteiger partial charge is 0.143 e.